The summed E-state index contributed by atoms with van der Waals surface area (Å²) in [4.78, 5) is 19.5. The second kappa shape index (κ2) is 7.33. The molecule has 0 spiro atoms. The van der Waals surface area contributed by atoms with Crippen LogP contribution in [0.4, 0.5) is 5.69 Å². The minimum atomic E-state index is 0.0418. The molecule has 3 aromatic rings. The van der Waals surface area contributed by atoms with E-state index in [0.29, 0.717) is 31.1 Å². The van der Waals surface area contributed by atoms with Gasteiger partial charge in [0.25, 0.3) is 0 Å². The number of fused-ring (bicyclic) bond motifs is 1. The largest absolute Gasteiger partial charge is 0.383 e. The highest BCUT2D eigenvalue weighted by atomic mass is 35.5. The highest BCUT2D eigenvalue weighted by Gasteiger charge is 2.35. The summed E-state index contributed by atoms with van der Waals surface area (Å²) in [6, 6.07) is 13.7. The van der Waals surface area contributed by atoms with E-state index in [1.165, 1.54) is 0 Å². The number of imidazole rings is 1. The number of anilines is 1. The molecule has 2 aromatic carbocycles. The molecule has 1 aliphatic heterocycles. The van der Waals surface area contributed by atoms with E-state index in [4.69, 9.17) is 21.3 Å². The first-order valence-electron chi connectivity index (χ1n) is 9.09. The van der Waals surface area contributed by atoms with E-state index in [0.717, 1.165) is 28.1 Å². The third kappa shape index (κ3) is 3.33. The number of carbonyl (C=O) groups is 1. The Kier molecular flexibility index (Phi) is 4.89. The van der Waals surface area contributed by atoms with Crippen LogP contribution in [0, 0.1) is 6.92 Å². The van der Waals surface area contributed by atoms with Crippen molar-refractivity contribution in [3.8, 4) is 0 Å². The molecular weight excluding hydrogens is 362 g/mol. The lowest BCUT2D eigenvalue weighted by atomic mass is 10.1. The fraction of sp³-hybridized carbons (Fsp3) is 0.333. The zero-order chi connectivity index (χ0) is 19.0. The molecule has 4 rings (SSSR count). The average molecular weight is 384 g/mol. The fourth-order valence-electron chi connectivity index (χ4n) is 3.81. The molecule has 140 valence electrons. The number of nitrogens with zero attached hydrogens (tertiary/aromatic N) is 3. The Morgan fingerprint density at radius 2 is 2.07 bits per heavy atom. The van der Waals surface area contributed by atoms with Gasteiger partial charge in [-0.15, -0.1) is 0 Å². The van der Waals surface area contributed by atoms with Gasteiger partial charge in [0, 0.05) is 43.2 Å². The third-order valence-electron chi connectivity index (χ3n) is 5.16. The summed E-state index contributed by atoms with van der Waals surface area (Å²) in [5.74, 6) is 1.10. The van der Waals surface area contributed by atoms with Crippen molar-refractivity contribution in [2.45, 2.75) is 25.8 Å². The zero-order valence-electron chi connectivity index (χ0n) is 15.5. The molecule has 0 saturated carbocycles. The summed E-state index contributed by atoms with van der Waals surface area (Å²) in [7, 11) is 1.70. The van der Waals surface area contributed by atoms with E-state index < -0.39 is 0 Å². The van der Waals surface area contributed by atoms with Crippen LogP contribution in [0.5, 0.6) is 0 Å². The first kappa shape index (κ1) is 18.0. The number of benzene rings is 2. The number of para-hydroxylation sites is 2. The Hall–Kier alpha value is -2.37. The van der Waals surface area contributed by atoms with Gasteiger partial charge in [-0.25, -0.2) is 4.98 Å². The molecule has 0 N–H and O–H groups in total. The van der Waals surface area contributed by atoms with Crippen LogP contribution < -0.4 is 4.90 Å². The number of methoxy groups -OCH3 is 1. The van der Waals surface area contributed by atoms with E-state index >= 15 is 0 Å². The molecule has 1 fully saturated rings. The van der Waals surface area contributed by atoms with Gasteiger partial charge in [-0.1, -0.05) is 29.8 Å². The van der Waals surface area contributed by atoms with E-state index in [1.54, 1.807) is 7.11 Å². The predicted octanol–water partition coefficient (Wildman–Crippen LogP) is 4.17. The quantitative estimate of drug-likeness (QED) is 0.664. The molecule has 0 bridgehead atoms. The smallest absolute Gasteiger partial charge is 0.227 e. The van der Waals surface area contributed by atoms with Gasteiger partial charge < -0.3 is 14.2 Å². The Labute approximate surface area is 163 Å². The van der Waals surface area contributed by atoms with Crippen molar-refractivity contribution in [2.75, 3.05) is 25.2 Å². The first-order chi connectivity index (χ1) is 13.1. The molecule has 1 saturated heterocycles. The molecule has 27 heavy (non-hydrogen) atoms. The van der Waals surface area contributed by atoms with E-state index in [1.807, 2.05) is 48.2 Å². The molecular formula is C21H22ClN3O2. The van der Waals surface area contributed by atoms with Crippen molar-refractivity contribution >= 4 is 34.2 Å². The van der Waals surface area contributed by atoms with E-state index in [-0.39, 0.29) is 11.8 Å². The normalized spacial score (nSPS) is 17.2. The maximum Gasteiger partial charge on any atom is 0.227 e. The third-order valence-corrected chi connectivity index (χ3v) is 5.39. The number of ether oxygens (including phenoxy) is 1. The highest BCUT2D eigenvalue weighted by Crippen LogP contribution is 2.35. The topological polar surface area (TPSA) is 47.4 Å². The molecule has 0 unspecified atom stereocenters. The van der Waals surface area contributed by atoms with Gasteiger partial charge >= 0.3 is 0 Å². The molecule has 0 aliphatic carbocycles. The molecule has 0 radical (unpaired) electrons. The summed E-state index contributed by atoms with van der Waals surface area (Å²) >= 11 is 6.16. The van der Waals surface area contributed by atoms with Gasteiger partial charge in [0.05, 0.1) is 17.6 Å². The van der Waals surface area contributed by atoms with Crippen LogP contribution >= 0.6 is 11.6 Å². The van der Waals surface area contributed by atoms with Crippen molar-refractivity contribution < 1.29 is 9.53 Å². The number of rotatable bonds is 5. The number of hydrogen-bond donors (Lipinski definition) is 0. The zero-order valence-corrected chi connectivity index (χ0v) is 16.2. The number of aryl methyl sites for hydroxylation is 1. The molecule has 1 atom stereocenters. The Morgan fingerprint density at radius 1 is 1.26 bits per heavy atom. The molecule has 6 heteroatoms. The van der Waals surface area contributed by atoms with Crippen molar-refractivity contribution in [3.63, 3.8) is 0 Å². The number of hydrogen-bond acceptors (Lipinski definition) is 3. The van der Waals surface area contributed by atoms with Gasteiger partial charge in [0.2, 0.25) is 5.91 Å². The monoisotopic (exact) mass is 383 g/mol. The van der Waals surface area contributed by atoms with Crippen LogP contribution in [0.2, 0.25) is 5.02 Å². The van der Waals surface area contributed by atoms with Crippen LogP contribution in [-0.2, 0) is 16.1 Å². The summed E-state index contributed by atoms with van der Waals surface area (Å²) in [6.07, 6.45) is 0.447. The van der Waals surface area contributed by atoms with Gasteiger partial charge in [-0.3, -0.25) is 4.79 Å². The lowest BCUT2D eigenvalue weighted by molar-refractivity contribution is -0.117. The maximum absolute atomic E-state index is 12.8. The van der Waals surface area contributed by atoms with Gasteiger partial charge in [0.15, 0.2) is 0 Å². The van der Waals surface area contributed by atoms with Crippen molar-refractivity contribution in [2.24, 2.45) is 0 Å². The number of aromatic nitrogens is 2. The lowest BCUT2D eigenvalue weighted by Gasteiger charge is -2.20. The Balaban J connectivity index is 1.70. The molecule has 1 aliphatic rings. The van der Waals surface area contributed by atoms with Crippen LogP contribution in [-0.4, -0.2) is 35.7 Å². The van der Waals surface area contributed by atoms with Gasteiger partial charge in [-0.05, 0) is 36.8 Å². The Bertz CT molecular complexity index is 998. The van der Waals surface area contributed by atoms with Crippen LogP contribution in [0.25, 0.3) is 11.0 Å². The maximum atomic E-state index is 12.8. The second-order valence-electron chi connectivity index (χ2n) is 6.94. The van der Waals surface area contributed by atoms with E-state index in [2.05, 4.69) is 10.6 Å². The second-order valence-corrected chi connectivity index (χ2v) is 7.38. The van der Waals surface area contributed by atoms with Crippen LogP contribution in [0.1, 0.15) is 23.7 Å². The summed E-state index contributed by atoms with van der Waals surface area (Å²) < 4.78 is 7.47. The number of amides is 1. The lowest BCUT2D eigenvalue weighted by Crippen LogP contribution is -2.25. The fourth-order valence-corrected chi connectivity index (χ4v) is 3.98. The Morgan fingerprint density at radius 3 is 2.89 bits per heavy atom. The van der Waals surface area contributed by atoms with Gasteiger partial charge in [0.1, 0.15) is 5.82 Å². The number of halogens is 1. The average Bonchev–Trinajstić information content (AvgIpc) is 3.22. The molecule has 1 aromatic heterocycles. The molecule has 5 nitrogen and oxygen atoms in total. The minimum absolute atomic E-state index is 0.0418. The van der Waals surface area contributed by atoms with Crippen molar-refractivity contribution in [3.05, 3.63) is 58.9 Å². The molecule has 1 amide bonds. The van der Waals surface area contributed by atoms with Crippen molar-refractivity contribution in [1.29, 1.82) is 0 Å². The standard InChI is InChI=1S/C21H22ClN3O2/c1-14-7-8-16(22)12-19(14)25-13-15(11-20(25)26)21-23-17-5-3-4-6-18(17)24(21)9-10-27-2/h3-8,12,15H,9-11,13H2,1-2H3/t15-/m0/s1. The van der Waals surface area contributed by atoms with Crippen LogP contribution in [0.3, 0.4) is 0 Å². The van der Waals surface area contributed by atoms with E-state index in [9.17, 15) is 4.79 Å². The SMILES string of the molecule is COCCn1c([C@H]2CC(=O)N(c3cc(Cl)ccc3C)C2)nc2ccccc21. The number of carbonyl (C=O) groups excluding carboxylic acids is 1. The summed E-state index contributed by atoms with van der Waals surface area (Å²) in [6.45, 7) is 3.93. The van der Waals surface area contributed by atoms with Crippen molar-refractivity contribution in [1.82, 2.24) is 9.55 Å². The minimum Gasteiger partial charge on any atom is -0.383 e. The summed E-state index contributed by atoms with van der Waals surface area (Å²) in [5.41, 5.74) is 3.96. The highest BCUT2D eigenvalue weighted by molar-refractivity contribution is 6.31. The molecule has 2 heterocycles. The first-order valence-corrected chi connectivity index (χ1v) is 9.47. The van der Waals surface area contributed by atoms with Crippen LogP contribution in [0.15, 0.2) is 42.5 Å². The summed E-state index contributed by atoms with van der Waals surface area (Å²) in [5, 5.41) is 0.638. The van der Waals surface area contributed by atoms with Gasteiger partial charge in [-0.2, -0.15) is 0 Å². The predicted molar refractivity (Wildman–Crippen MR) is 108 cm³/mol.